The van der Waals surface area contributed by atoms with Gasteiger partial charge in [-0.1, -0.05) is 99.9 Å². The predicted octanol–water partition coefficient (Wildman–Crippen LogP) is 11.7. The van der Waals surface area contributed by atoms with Crippen LogP contribution in [0, 0.1) is 36.5 Å². The number of esters is 2. The second kappa shape index (κ2) is 20.9. The van der Waals surface area contributed by atoms with Crippen LogP contribution < -0.4 is 9.47 Å². The van der Waals surface area contributed by atoms with Gasteiger partial charge in [0, 0.05) is 0 Å². The zero-order chi connectivity index (χ0) is 44.8. The minimum atomic E-state index is -4.87. The summed E-state index contributed by atoms with van der Waals surface area (Å²) < 4.78 is 92.9. The minimum Gasteiger partial charge on any atom is -0.460 e. The fraction of sp³-hybridized carbons (Fsp3) is 0.364. The van der Waals surface area contributed by atoms with Crippen LogP contribution in [0.2, 0.25) is 0 Å². The minimum absolute atomic E-state index is 0.207. The molecule has 0 radical (unpaired) electrons. The first-order chi connectivity index (χ1) is 27.2. The Balaban J connectivity index is 0.000000348. The van der Waals surface area contributed by atoms with Crippen LogP contribution in [-0.4, -0.2) is 41.2 Å². The maximum Gasteiger partial charge on any atom is 0.573 e. The number of alkyl halides is 7. The van der Waals surface area contributed by atoms with Crippen molar-refractivity contribution in [2.75, 3.05) is 5.33 Å². The highest BCUT2D eigenvalue weighted by Gasteiger charge is 2.40. The molecule has 0 saturated carbocycles. The maximum absolute atomic E-state index is 12.7. The molecule has 0 aromatic heterocycles. The molecule has 0 N–H and O–H groups in total. The van der Waals surface area contributed by atoms with E-state index < -0.39 is 41.4 Å². The number of nitrogens with zero attached hydrogens (tertiary/aromatic N) is 2. The van der Waals surface area contributed by atoms with E-state index in [0.29, 0.717) is 11.1 Å². The van der Waals surface area contributed by atoms with E-state index in [2.05, 4.69) is 37.5 Å². The average Bonchev–Trinajstić information content (AvgIpc) is 3.09. The topological polar surface area (TPSA) is 119 Å². The molecule has 0 aliphatic carbocycles. The largest absolute Gasteiger partial charge is 0.573 e. The molecule has 2 atom stereocenters. The Morgan fingerprint density at radius 3 is 1.47 bits per heavy atom. The lowest BCUT2D eigenvalue weighted by Gasteiger charge is -2.29. The van der Waals surface area contributed by atoms with Crippen molar-refractivity contribution in [3.05, 3.63) is 130 Å². The van der Waals surface area contributed by atoms with E-state index in [9.17, 15) is 46.5 Å². The van der Waals surface area contributed by atoms with E-state index in [4.69, 9.17) is 9.47 Å². The molecule has 4 aromatic carbocycles. The standard InChI is InChI=1S/C22H22F3NO3.C16H12F3NO.C6H11BrO2/c1-15-7-5-8-16(11-15)21(14-26,13-19(27)29-20(2,3)4)17-9-6-10-18(12-17)28-22(23,24)25;1-11-4-2-5-12(8-11)15(10-20)13-6-3-7-14(9-13)21-16(17,18)19;1-6(2,3)9-5(8)4-7/h5-12H,13H2,1-4H3;2-9,15H,1H3;4H2,1-3H3. The predicted molar refractivity (Wildman–Crippen MR) is 213 cm³/mol. The molecule has 0 amide bonds. The van der Waals surface area contributed by atoms with E-state index in [1.54, 1.807) is 51.1 Å². The molecule has 2 unspecified atom stereocenters. The van der Waals surface area contributed by atoms with Crippen molar-refractivity contribution in [2.45, 2.75) is 97.1 Å². The second-order valence-corrected chi connectivity index (χ2v) is 15.6. The molecule has 316 valence electrons. The van der Waals surface area contributed by atoms with E-state index in [1.807, 2.05) is 58.9 Å². The summed E-state index contributed by atoms with van der Waals surface area (Å²) in [4.78, 5) is 23.2. The summed E-state index contributed by atoms with van der Waals surface area (Å²) in [6, 6.07) is 29.1. The van der Waals surface area contributed by atoms with Crippen molar-refractivity contribution in [3.63, 3.8) is 0 Å². The van der Waals surface area contributed by atoms with Gasteiger partial charge in [-0.3, -0.25) is 9.59 Å². The first kappa shape index (κ1) is 49.6. The highest BCUT2D eigenvalue weighted by atomic mass is 79.9. The van der Waals surface area contributed by atoms with Crippen LogP contribution in [0.25, 0.3) is 0 Å². The Morgan fingerprint density at radius 1 is 0.627 bits per heavy atom. The summed E-state index contributed by atoms with van der Waals surface area (Å²) in [5.74, 6) is -2.29. The number of hydrogen-bond acceptors (Lipinski definition) is 8. The third-order valence-electron chi connectivity index (χ3n) is 7.55. The molecule has 0 spiro atoms. The van der Waals surface area contributed by atoms with Crippen LogP contribution in [0.3, 0.4) is 0 Å². The van der Waals surface area contributed by atoms with Crippen molar-refractivity contribution >= 4 is 27.9 Å². The Bertz CT molecular complexity index is 2110. The molecule has 4 aromatic rings. The van der Waals surface area contributed by atoms with Crippen LogP contribution in [0.5, 0.6) is 11.5 Å². The number of rotatable bonds is 9. The van der Waals surface area contributed by atoms with Crippen LogP contribution in [-0.2, 0) is 24.5 Å². The SMILES string of the molecule is CC(C)(C)OC(=O)CBr.Cc1cccc(C(C#N)(CC(=O)OC(C)(C)C)c2cccc(OC(F)(F)F)c2)c1.Cc1cccc(C(C#N)c2cccc(OC(F)(F)F)c2)c1. The number of hydrogen-bond donors (Lipinski definition) is 0. The monoisotopic (exact) mass is 890 g/mol. The van der Waals surface area contributed by atoms with Gasteiger partial charge >= 0.3 is 24.7 Å². The molecule has 0 heterocycles. The lowest BCUT2D eigenvalue weighted by molar-refractivity contribution is -0.275. The first-order valence-electron chi connectivity index (χ1n) is 17.9. The zero-order valence-corrected chi connectivity index (χ0v) is 35.3. The van der Waals surface area contributed by atoms with Gasteiger partial charge in [-0.25, -0.2) is 0 Å². The molecule has 15 heteroatoms. The lowest BCUT2D eigenvalue weighted by Crippen LogP contribution is -2.33. The number of halogens is 7. The Morgan fingerprint density at radius 2 is 1.05 bits per heavy atom. The van der Waals surface area contributed by atoms with E-state index in [1.165, 1.54) is 30.3 Å². The summed E-state index contributed by atoms with van der Waals surface area (Å²) >= 11 is 2.99. The first-order valence-corrected chi connectivity index (χ1v) is 19.0. The summed E-state index contributed by atoms with van der Waals surface area (Å²) in [5.41, 5.74) is 1.04. The quantitative estimate of drug-likeness (QED) is 0.0926. The molecule has 4 rings (SSSR count). The van der Waals surface area contributed by atoms with Gasteiger partial charge in [-0.2, -0.15) is 10.5 Å². The maximum atomic E-state index is 12.7. The Hall–Kier alpha value is -5.54. The van der Waals surface area contributed by atoms with Gasteiger partial charge in [0.05, 0.1) is 24.5 Å². The van der Waals surface area contributed by atoms with Crippen LogP contribution in [0.1, 0.15) is 87.3 Å². The van der Waals surface area contributed by atoms with Gasteiger partial charge in [-0.05, 0) is 102 Å². The van der Waals surface area contributed by atoms with Crippen molar-refractivity contribution in [2.24, 2.45) is 0 Å². The fourth-order valence-corrected chi connectivity index (χ4v) is 5.57. The highest BCUT2D eigenvalue weighted by Crippen LogP contribution is 2.39. The van der Waals surface area contributed by atoms with Crippen LogP contribution >= 0.6 is 15.9 Å². The zero-order valence-electron chi connectivity index (χ0n) is 33.7. The lowest BCUT2D eigenvalue weighted by atomic mass is 9.73. The molecule has 0 bridgehead atoms. The molecule has 0 aliphatic rings. The van der Waals surface area contributed by atoms with Gasteiger partial charge in [0.2, 0.25) is 0 Å². The third-order valence-corrected chi connectivity index (χ3v) is 8.01. The molecular formula is C44H45BrF6N2O6. The summed E-state index contributed by atoms with van der Waals surface area (Å²) in [6.45, 7) is 14.3. The third kappa shape index (κ3) is 17.9. The summed E-state index contributed by atoms with van der Waals surface area (Å²) in [6.07, 6.45) is -9.98. The van der Waals surface area contributed by atoms with Gasteiger partial charge in [0.25, 0.3) is 0 Å². The van der Waals surface area contributed by atoms with Crippen molar-refractivity contribution < 1.29 is 54.9 Å². The van der Waals surface area contributed by atoms with Crippen molar-refractivity contribution in [1.82, 2.24) is 0 Å². The van der Waals surface area contributed by atoms with Crippen molar-refractivity contribution in [1.29, 1.82) is 10.5 Å². The van der Waals surface area contributed by atoms with E-state index >= 15 is 0 Å². The number of nitriles is 2. The number of ether oxygens (including phenoxy) is 4. The summed E-state index contributed by atoms with van der Waals surface area (Å²) in [5, 5.41) is 19.7. The Kier molecular flexibility index (Phi) is 17.6. The van der Waals surface area contributed by atoms with Gasteiger partial charge < -0.3 is 18.9 Å². The van der Waals surface area contributed by atoms with Gasteiger partial charge in [-0.15, -0.1) is 26.3 Å². The molecule has 0 aliphatic heterocycles. The number of carbonyl (C=O) groups excluding carboxylic acids is 2. The smallest absolute Gasteiger partial charge is 0.460 e. The number of benzene rings is 4. The molecule has 0 fully saturated rings. The average molecular weight is 892 g/mol. The highest BCUT2D eigenvalue weighted by molar-refractivity contribution is 9.09. The van der Waals surface area contributed by atoms with Crippen molar-refractivity contribution in [3.8, 4) is 23.6 Å². The molecular weight excluding hydrogens is 846 g/mol. The van der Waals surface area contributed by atoms with E-state index in [0.717, 1.165) is 28.8 Å². The molecule has 59 heavy (non-hydrogen) atoms. The summed E-state index contributed by atoms with van der Waals surface area (Å²) in [7, 11) is 0. The van der Waals surface area contributed by atoms with Gasteiger partial charge in [0.15, 0.2) is 0 Å². The van der Waals surface area contributed by atoms with Crippen LogP contribution in [0.4, 0.5) is 26.3 Å². The van der Waals surface area contributed by atoms with Gasteiger partial charge in [0.1, 0.15) is 33.4 Å². The fourth-order valence-electron chi connectivity index (χ4n) is 5.45. The van der Waals surface area contributed by atoms with E-state index in [-0.39, 0.29) is 34.6 Å². The number of aryl methyl sites for hydroxylation is 2. The normalized spacial score (nSPS) is 13.0. The van der Waals surface area contributed by atoms with Crippen LogP contribution in [0.15, 0.2) is 97.1 Å². The molecule has 8 nitrogen and oxygen atoms in total. The number of carbonyl (C=O) groups is 2. The Labute approximate surface area is 348 Å². The molecule has 0 saturated heterocycles. The second-order valence-electron chi connectivity index (χ2n) is 15.0.